The Kier molecular flexibility index (Phi) is 10.6. The van der Waals surface area contributed by atoms with Gasteiger partial charge in [-0.05, 0) is 97.3 Å². The number of anilines is 1. The van der Waals surface area contributed by atoms with E-state index in [1.165, 1.54) is 48.5 Å². The number of rotatable bonds is 13. The van der Waals surface area contributed by atoms with Crippen molar-refractivity contribution < 1.29 is 45.8 Å². The average molecular weight is 719 g/mol. The molecule has 1 heterocycles. The Morgan fingerprint density at radius 2 is 1.67 bits per heavy atom. The molecule has 0 saturated heterocycles. The maximum absolute atomic E-state index is 13.1. The maximum Gasteiger partial charge on any atom is 0.416 e. The van der Waals surface area contributed by atoms with Crippen LogP contribution in [0.5, 0.6) is 11.5 Å². The van der Waals surface area contributed by atoms with Crippen LogP contribution in [0.4, 0.5) is 18.9 Å². The number of alkyl halides is 3. The molecule has 5 aromatic rings. The number of aliphatic carboxylic acids is 1. The highest BCUT2D eigenvalue weighted by Crippen LogP contribution is 2.33. The summed E-state index contributed by atoms with van der Waals surface area (Å²) in [6.45, 7) is -0.643. The summed E-state index contributed by atoms with van der Waals surface area (Å²) in [5, 5.41) is 12.7. The number of halogens is 4. The average Bonchev–Trinajstić information content (AvgIpc) is 3.46. The molecule has 48 heavy (non-hydrogen) atoms. The summed E-state index contributed by atoms with van der Waals surface area (Å²) < 4.78 is 75.9. The van der Waals surface area contributed by atoms with Gasteiger partial charge in [-0.2, -0.15) is 13.2 Å². The molecule has 0 atom stereocenters. The third-order valence-corrected chi connectivity index (χ3v) is 9.99. The van der Waals surface area contributed by atoms with Crippen LogP contribution in [-0.2, 0) is 33.8 Å². The number of fused-ring (bicyclic) bond motifs is 1. The second kappa shape index (κ2) is 14.6. The van der Waals surface area contributed by atoms with E-state index in [2.05, 4.69) is 10.3 Å². The van der Waals surface area contributed by atoms with E-state index in [0.717, 1.165) is 23.5 Å². The number of nitrogens with zero attached hydrogens (tertiary/aromatic N) is 1. The van der Waals surface area contributed by atoms with Crippen LogP contribution in [0.2, 0.25) is 5.02 Å². The van der Waals surface area contributed by atoms with Gasteiger partial charge in [-0.25, -0.2) is 18.2 Å². The van der Waals surface area contributed by atoms with Crippen LogP contribution < -0.4 is 14.8 Å². The third kappa shape index (κ3) is 9.02. The number of benzene rings is 4. The normalized spacial score (nSPS) is 11.8. The van der Waals surface area contributed by atoms with Gasteiger partial charge in [0.1, 0.15) is 23.1 Å². The molecule has 0 spiro atoms. The SMILES string of the molecule is O=C(O)COc1ccc(CCCS(=O)(=O)c2ccc(Cl)cc2)cc1NC(=O)c1ccc(OCc2nc3ccc(C(F)(F)F)cc3s2)cc1. The Morgan fingerprint density at radius 1 is 0.938 bits per heavy atom. The second-order valence-electron chi connectivity index (χ2n) is 10.4. The number of thiazole rings is 1. The van der Waals surface area contributed by atoms with Gasteiger partial charge in [0, 0.05) is 10.6 Å². The molecule has 0 aliphatic carbocycles. The number of nitrogens with one attached hydrogen (secondary N) is 1. The van der Waals surface area contributed by atoms with E-state index in [4.69, 9.17) is 26.2 Å². The van der Waals surface area contributed by atoms with Gasteiger partial charge in [0.05, 0.1) is 32.1 Å². The molecule has 0 fully saturated rings. The fourth-order valence-corrected chi connectivity index (χ4v) is 6.93. The van der Waals surface area contributed by atoms with Crippen molar-refractivity contribution in [2.24, 2.45) is 0 Å². The number of carbonyl (C=O) groups excluding carboxylic acids is 1. The Bertz CT molecular complexity index is 2050. The number of carboxylic acid groups (broad SMARTS) is 1. The van der Waals surface area contributed by atoms with Gasteiger partial charge in [-0.3, -0.25) is 4.79 Å². The summed E-state index contributed by atoms with van der Waals surface area (Å²) in [5.74, 6) is -1.36. The maximum atomic E-state index is 13.1. The van der Waals surface area contributed by atoms with Crippen molar-refractivity contribution in [3.63, 3.8) is 0 Å². The first-order chi connectivity index (χ1) is 22.8. The summed E-state index contributed by atoms with van der Waals surface area (Å²) >= 11 is 6.94. The van der Waals surface area contributed by atoms with E-state index < -0.39 is 40.1 Å². The fourth-order valence-electron chi connectivity index (χ4n) is 4.57. The molecule has 4 aromatic carbocycles. The summed E-state index contributed by atoms with van der Waals surface area (Å²) in [4.78, 5) is 28.7. The molecule has 15 heteroatoms. The molecule has 1 aromatic heterocycles. The molecule has 9 nitrogen and oxygen atoms in total. The lowest BCUT2D eigenvalue weighted by molar-refractivity contribution is -0.139. The quantitative estimate of drug-likeness (QED) is 0.127. The Morgan fingerprint density at radius 3 is 2.35 bits per heavy atom. The van der Waals surface area contributed by atoms with E-state index >= 15 is 0 Å². The van der Waals surface area contributed by atoms with Gasteiger partial charge >= 0.3 is 12.1 Å². The molecule has 0 unspecified atom stereocenters. The smallest absolute Gasteiger partial charge is 0.416 e. The van der Waals surface area contributed by atoms with Crippen LogP contribution in [0.1, 0.15) is 32.9 Å². The van der Waals surface area contributed by atoms with Gasteiger partial charge in [0.15, 0.2) is 16.4 Å². The zero-order valence-electron chi connectivity index (χ0n) is 24.8. The molecule has 0 bridgehead atoms. The van der Waals surface area contributed by atoms with Crippen LogP contribution in [0.25, 0.3) is 10.2 Å². The highest BCUT2D eigenvalue weighted by molar-refractivity contribution is 7.91. The Hall–Kier alpha value is -4.66. The largest absolute Gasteiger partial charge is 0.486 e. The lowest BCUT2D eigenvalue weighted by Gasteiger charge is -2.14. The van der Waals surface area contributed by atoms with Gasteiger partial charge in [-0.15, -0.1) is 11.3 Å². The van der Waals surface area contributed by atoms with Crippen molar-refractivity contribution in [3.05, 3.63) is 112 Å². The van der Waals surface area contributed by atoms with Crippen molar-refractivity contribution in [1.29, 1.82) is 0 Å². The van der Waals surface area contributed by atoms with E-state index in [1.807, 2.05) is 0 Å². The number of amides is 1. The molecular weight excluding hydrogens is 693 g/mol. The van der Waals surface area contributed by atoms with E-state index in [0.29, 0.717) is 38.0 Å². The number of hydrogen-bond donors (Lipinski definition) is 2. The van der Waals surface area contributed by atoms with Crippen LogP contribution >= 0.6 is 22.9 Å². The number of carbonyl (C=O) groups is 2. The molecule has 0 radical (unpaired) electrons. The highest BCUT2D eigenvalue weighted by Gasteiger charge is 2.30. The molecule has 5 rings (SSSR count). The van der Waals surface area contributed by atoms with Crippen molar-refractivity contribution in [2.45, 2.75) is 30.5 Å². The number of sulfone groups is 1. The zero-order chi connectivity index (χ0) is 34.5. The summed E-state index contributed by atoms with van der Waals surface area (Å²) in [6, 6.07) is 20.1. The van der Waals surface area contributed by atoms with Crippen LogP contribution in [0.15, 0.2) is 89.8 Å². The van der Waals surface area contributed by atoms with Crippen molar-refractivity contribution in [1.82, 2.24) is 4.98 Å². The summed E-state index contributed by atoms with van der Waals surface area (Å²) in [7, 11) is -3.54. The molecule has 0 aliphatic rings. The lowest BCUT2D eigenvalue weighted by Crippen LogP contribution is -2.15. The minimum Gasteiger partial charge on any atom is -0.486 e. The minimum atomic E-state index is -4.46. The van der Waals surface area contributed by atoms with Crippen LogP contribution in [-0.4, -0.2) is 42.7 Å². The number of ether oxygens (including phenoxy) is 2. The predicted molar refractivity (Wildman–Crippen MR) is 175 cm³/mol. The first-order valence-corrected chi connectivity index (χ1v) is 17.1. The zero-order valence-corrected chi connectivity index (χ0v) is 27.2. The summed E-state index contributed by atoms with van der Waals surface area (Å²) in [5.41, 5.74) is 0.799. The summed E-state index contributed by atoms with van der Waals surface area (Å²) in [6.07, 6.45) is -3.83. The second-order valence-corrected chi connectivity index (χ2v) is 14.1. The monoisotopic (exact) mass is 718 g/mol. The molecule has 250 valence electrons. The third-order valence-electron chi connectivity index (χ3n) is 6.93. The van der Waals surface area contributed by atoms with E-state index in [1.54, 1.807) is 24.3 Å². The molecule has 1 amide bonds. The first-order valence-electron chi connectivity index (χ1n) is 14.2. The Balaban J connectivity index is 1.22. The first kappa shape index (κ1) is 34.7. The molecule has 2 N–H and O–H groups in total. The number of hydrogen-bond acceptors (Lipinski definition) is 8. The topological polar surface area (TPSA) is 132 Å². The molecule has 0 saturated carbocycles. The van der Waals surface area contributed by atoms with Gasteiger partial charge in [-0.1, -0.05) is 17.7 Å². The number of carboxylic acids is 1. The fraction of sp³-hybridized carbons (Fsp3) is 0.182. The van der Waals surface area contributed by atoms with E-state index in [-0.39, 0.29) is 40.7 Å². The van der Waals surface area contributed by atoms with Crippen molar-refractivity contribution in [2.75, 3.05) is 17.7 Å². The predicted octanol–water partition coefficient (Wildman–Crippen LogP) is 7.67. The lowest BCUT2D eigenvalue weighted by atomic mass is 10.1. The standard InChI is InChI=1S/C33H26ClF3N2O7S2/c34-23-7-11-25(12-8-23)48(43,44)15-1-2-20-3-14-28(46-19-31(40)41)27(16-20)39-32(42)21-4-9-24(10-5-21)45-18-30-38-26-13-6-22(33(35,36)37)17-29(26)47-30/h3-14,16-17H,1-2,15,18-19H2,(H,39,42)(H,40,41). The number of aromatic nitrogens is 1. The van der Waals surface area contributed by atoms with Gasteiger partial charge < -0.3 is 19.9 Å². The van der Waals surface area contributed by atoms with Crippen LogP contribution in [0.3, 0.4) is 0 Å². The van der Waals surface area contributed by atoms with Crippen molar-refractivity contribution in [3.8, 4) is 11.5 Å². The molecule has 0 aliphatic heterocycles. The number of aryl methyl sites for hydroxylation is 1. The van der Waals surface area contributed by atoms with Gasteiger partial charge in [0.25, 0.3) is 5.91 Å². The van der Waals surface area contributed by atoms with Gasteiger partial charge in [0.2, 0.25) is 0 Å². The van der Waals surface area contributed by atoms with Crippen molar-refractivity contribution >= 4 is 60.6 Å². The molecular formula is C33H26ClF3N2O7S2. The Labute approximate surface area is 281 Å². The van der Waals surface area contributed by atoms with Crippen LogP contribution in [0, 0.1) is 0 Å². The van der Waals surface area contributed by atoms with E-state index in [9.17, 15) is 31.2 Å². The highest BCUT2D eigenvalue weighted by atomic mass is 35.5. The minimum absolute atomic E-state index is 0.00428.